The van der Waals surface area contributed by atoms with E-state index in [0.29, 0.717) is 0 Å². The molecular formula is C10H12ClS. The number of hydrogen-bond donors (Lipinski definition) is 1. The Morgan fingerprint density at radius 1 is 1.50 bits per heavy atom. The molecule has 0 aliphatic heterocycles. The van der Waals surface area contributed by atoms with Crippen LogP contribution in [0.5, 0.6) is 0 Å². The van der Waals surface area contributed by atoms with Gasteiger partial charge in [-0.25, -0.2) is 0 Å². The van der Waals surface area contributed by atoms with E-state index in [0.717, 1.165) is 17.9 Å². The smallest absolute Gasteiger partial charge is 0.0409 e. The first-order valence-electron chi connectivity index (χ1n) is 3.97. The van der Waals surface area contributed by atoms with E-state index in [1.54, 1.807) is 0 Å². The van der Waals surface area contributed by atoms with Crippen molar-refractivity contribution in [2.24, 2.45) is 0 Å². The fourth-order valence-electron chi connectivity index (χ4n) is 1.07. The van der Waals surface area contributed by atoms with E-state index in [4.69, 9.17) is 11.6 Å². The minimum atomic E-state index is 0.265. The lowest BCUT2D eigenvalue weighted by molar-refractivity contribution is 0.826. The van der Waals surface area contributed by atoms with Gasteiger partial charge in [0, 0.05) is 10.3 Å². The number of rotatable bonds is 3. The Balaban J connectivity index is 2.73. The third-order valence-electron chi connectivity index (χ3n) is 1.71. The Morgan fingerprint density at radius 3 is 2.83 bits per heavy atom. The number of hydrogen-bond acceptors (Lipinski definition) is 1. The van der Waals surface area contributed by atoms with Gasteiger partial charge in [0.2, 0.25) is 0 Å². The predicted molar refractivity (Wildman–Crippen MR) is 57.8 cm³/mol. The van der Waals surface area contributed by atoms with Crippen molar-refractivity contribution in [1.29, 1.82) is 0 Å². The van der Waals surface area contributed by atoms with Crippen molar-refractivity contribution < 1.29 is 0 Å². The summed E-state index contributed by atoms with van der Waals surface area (Å²) in [5.41, 5.74) is 1.18. The molecule has 0 aliphatic carbocycles. The first kappa shape index (κ1) is 9.94. The van der Waals surface area contributed by atoms with Crippen molar-refractivity contribution >= 4 is 24.2 Å². The molecule has 1 unspecified atom stereocenters. The van der Waals surface area contributed by atoms with Gasteiger partial charge in [0.25, 0.3) is 0 Å². The van der Waals surface area contributed by atoms with Gasteiger partial charge >= 0.3 is 0 Å². The average Bonchev–Trinajstić information content (AvgIpc) is 2.05. The van der Waals surface area contributed by atoms with Crippen LogP contribution in [0.1, 0.15) is 23.7 Å². The molecule has 0 aliphatic rings. The van der Waals surface area contributed by atoms with E-state index in [2.05, 4.69) is 19.6 Å². The van der Waals surface area contributed by atoms with Gasteiger partial charge in [-0.15, -0.1) is 0 Å². The van der Waals surface area contributed by atoms with Gasteiger partial charge in [0.05, 0.1) is 0 Å². The summed E-state index contributed by atoms with van der Waals surface area (Å²) in [5, 5.41) is 1.04. The number of halogens is 1. The highest BCUT2D eigenvalue weighted by Crippen LogP contribution is 2.26. The van der Waals surface area contributed by atoms with E-state index in [1.807, 2.05) is 24.3 Å². The maximum absolute atomic E-state index is 5.84. The summed E-state index contributed by atoms with van der Waals surface area (Å²) in [7, 11) is 0. The normalized spacial score (nSPS) is 12.9. The molecular weight excluding hydrogens is 188 g/mol. The number of benzene rings is 1. The van der Waals surface area contributed by atoms with Crippen molar-refractivity contribution in [3.8, 4) is 0 Å². The van der Waals surface area contributed by atoms with Crippen molar-refractivity contribution in [1.82, 2.24) is 0 Å². The van der Waals surface area contributed by atoms with Crippen LogP contribution < -0.4 is 0 Å². The zero-order chi connectivity index (χ0) is 8.97. The Labute approximate surface area is 84.3 Å². The van der Waals surface area contributed by atoms with Crippen LogP contribution in [0.25, 0.3) is 0 Å². The molecule has 0 heterocycles. The Bertz CT molecular complexity index is 247. The molecule has 1 rings (SSSR count). The third-order valence-corrected chi connectivity index (χ3v) is 2.50. The topological polar surface area (TPSA) is 0 Å². The van der Waals surface area contributed by atoms with E-state index >= 15 is 0 Å². The quantitative estimate of drug-likeness (QED) is 0.701. The summed E-state index contributed by atoms with van der Waals surface area (Å²) >= 11 is 10.3. The monoisotopic (exact) mass is 199 g/mol. The molecule has 0 amide bonds. The molecule has 0 saturated carbocycles. The third kappa shape index (κ3) is 2.72. The molecule has 2 heteroatoms. The van der Waals surface area contributed by atoms with E-state index in [9.17, 15) is 0 Å². The van der Waals surface area contributed by atoms with Gasteiger partial charge in [-0.05, 0) is 24.1 Å². The highest BCUT2D eigenvalue weighted by Gasteiger charge is 2.04. The van der Waals surface area contributed by atoms with E-state index in [-0.39, 0.29) is 5.25 Å². The highest BCUT2D eigenvalue weighted by molar-refractivity contribution is 7.80. The van der Waals surface area contributed by atoms with Crippen LogP contribution in [0.3, 0.4) is 0 Å². The Kier molecular flexibility index (Phi) is 3.96. The largest absolute Gasteiger partial charge is 0.171 e. The maximum atomic E-state index is 5.84. The molecule has 0 N–H and O–H groups in total. The van der Waals surface area contributed by atoms with Crippen LogP contribution in [0.15, 0.2) is 24.3 Å². The van der Waals surface area contributed by atoms with Gasteiger partial charge in [-0.2, -0.15) is 12.6 Å². The fraction of sp³-hybridized carbons (Fsp3) is 0.300. The molecule has 0 aromatic heterocycles. The molecule has 0 fully saturated rings. The van der Waals surface area contributed by atoms with Crippen LogP contribution in [-0.4, -0.2) is 0 Å². The van der Waals surface area contributed by atoms with Gasteiger partial charge in [0.1, 0.15) is 0 Å². The summed E-state index contributed by atoms with van der Waals surface area (Å²) < 4.78 is 0. The van der Waals surface area contributed by atoms with Gasteiger partial charge in [-0.1, -0.05) is 37.1 Å². The zero-order valence-electron chi connectivity index (χ0n) is 6.83. The maximum Gasteiger partial charge on any atom is 0.0409 e. The second kappa shape index (κ2) is 4.78. The molecule has 1 aromatic carbocycles. The van der Waals surface area contributed by atoms with Crippen molar-refractivity contribution in [2.45, 2.75) is 18.1 Å². The SMILES string of the molecule is [CH2]CCC(S)c1cccc(Cl)c1. The highest BCUT2D eigenvalue weighted by atomic mass is 35.5. The second-order valence-corrected chi connectivity index (χ2v) is 3.77. The summed E-state index contributed by atoms with van der Waals surface area (Å²) in [6, 6.07) is 7.81. The summed E-state index contributed by atoms with van der Waals surface area (Å²) in [5.74, 6) is 0. The molecule has 0 saturated heterocycles. The Morgan fingerprint density at radius 2 is 2.25 bits per heavy atom. The molecule has 0 spiro atoms. The Hall–Kier alpha value is -0.140. The lowest BCUT2D eigenvalue weighted by Crippen LogP contribution is -1.88. The van der Waals surface area contributed by atoms with Crippen LogP contribution in [-0.2, 0) is 0 Å². The van der Waals surface area contributed by atoms with Crippen molar-refractivity contribution in [2.75, 3.05) is 0 Å². The van der Waals surface area contributed by atoms with Crippen LogP contribution in [0.2, 0.25) is 5.02 Å². The molecule has 1 aromatic rings. The van der Waals surface area contributed by atoms with Crippen LogP contribution >= 0.6 is 24.2 Å². The summed E-state index contributed by atoms with van der Waals surface area (Å²) in [6.07, 6.45) is 1.89. The molecule has 1 atom stereocenters. The first-order chi connectivity index (χ1) is 5.74. The standard InChI is InChI=1S/C10H12ClS/c1-2-4-10(12)8-5-3-6-9(11)7-8/h3,5-7,10,12H,1-2,4H2. The fourth-order valence-corrected chi connectivity index (χ4v) is 1.62. The second-order valence-electron chi connectivity index (χ2n) is 2.71. The van der Waals surface area contributed by atoms with E-state index in [1.165, 1.54) is 5.56 Å². The summed E-state index contributed by atoms with van der Waals surface area (Å²) in [6.45, 7) is 3.79. The first-order valence-corrected chi connectivity index (χ1v) is 4.86. The van der Waals surface area contributed by atoms with Crippen LogP contribution in [0, 0.1) is 6.92 Å². The zero-order valence-corrected chi connectivity index (χ0v) is 8.48. The molecule has 0 nitrogen and oxygen atoms in total. The lowest BCUT2D eigenvalue weighted by atomic mass is 10.1. The van der Waals surface area contributed by atoms with E-state index < -0.39 is 0 Å². The minimum absolute atomic E-state index is 0.265. The molecule has 0 bridgehead atoms. The van der Waals surface area contributed by atoms with Gasteiger partial charge in [-0.3, -0.25) is 0 Å². The molecule has 65 valence electrons. The lowest BCUT2D eigenvalue weighted by Gasteiger charge is -2.09. The summed E-state index contributed by atoms with van der Waals surface area (Å²) in [4.78, 5) is 0. The average molecular weight is 200 g/mol. The predicted octanol–water partition coefficient (Wildman–Crippen LogP) is 3.93. The van der Waals surface area contributed by atoms with Crippen molar-refractivity contribution in [3.05, 3.63) is 41.8 Å². The van der Waals surface area contributed by atoms with Crippen LogP contribution in [0.4, 0.5) is 0 Å². The molecule has 1 radical (unpaired) electrons. The minimum Gasteiger partial charge on any atom is -0.171 e. The number of thiol groups is 1. The van der Waals surface area contributed by atoms with Gasteiger partial charge in [0.15, 0.2) is 0 Å². The molecule has 12 heavy (non-hydrogen) atoms. The van der Waals surface area contributed by atoms with Gasteiger partial charge < -0.3 is 0 Å². The van der Waals surface area contributed by atoms with Crippen molar-refractivity contribution in [3.63, 3.8) is 0 Å².